The molecule has 0 aromatic heterocycles. The molecule has 26 nitrogen and oxygen atoms in total. The van der Waals surface area contributed by atoms with E-state index in [1.807, 2.05) is 99.6 Å². The molecule has 0 aliphatic heterocycles. The van der Waals surface area contributed by atoms with Gasteiger partial charge < -0.3 is 76.3 Å². The maximum Gasteiger partial charge on any atom is 0.331 e. The average Bonchev–Trinajstić information content (AvgIpc) is 0.814. The molecule has 0 fully saturated rings. The minimum absolute atomic E-state index is 0.0343. The van der Waals surface area contributed by atoms with E-state index in [1.165, 1.54) is 75.6 Å². The first-order chi connectivity index (χ1) is 45.0. The Morgan fingerprint density at radius 2 is 0.907 bits per heavy atom. The summed E-state index contributed by atoms with van der Waals surface area (Å²) in [4.78, 5) is 164. The molecule has 0 saturated heterocycles. The lowest BCUT2D eigenvalue weighted by Crippen LogP contribution is -2.63. The number of aliphatic hydroxyl groups excluding tert-OH is 2. The molecule has 0 radical (unpaired) electrons. The Morgan fingerprint density at radius 3 is 1.33 bits per heavy atom. The Labute approximate surface area is 583 Å². The second-order valence-corrected chi connectivity index (χ2v) is 28.8. The lowest BCUT2D eigenvalue weighted by atomic mass is 9.91. The highest BCUT2D eigenvalue weighted by atomic mass is 32.1. The smallest absolute Gasteiger partial charge is 0.331 e. The van der Waals surface area contributed by atoms with Gasteiger partial charge in [0.05, 0.1) is 25.9 Å². The average molecular weight is 1390 g/mol. The number of hydrogen-bond acceptors (Lipinski definition) is 15. The van der Waals surface area contributed by atoms with Crippen LogP contribution in [-0.4, -0.2) is 238 Å². The van der Waals surface area contributed by atoms with E-state index in [-0.39, 0.29) is 74.1 Å². The third-order valence-corrected chi connectivity index (χ3v) is 17.3. The number of methoxy groups -OCH3 is 1. The number of allylic oxidation sites excluding steroid dienone is 2. The molecule has 10 amide bonds. The van der Waals surface area contributed by atoms with Crippen LogP contribution in [0.4, 0.5) is 5.69 Å². The maximum absolute atomic E-state index is 14.9. The van der Waals surface area contributed by atoms with Gasteiger partial charge in [0.15, 0.2) is 11.2 Å². The Balaban J connectivity index is 3.51. The number of hydrogen-bond donors (Lipinski definition) is 8. The van der Waals surface area contributed by atoms with Crippen molar-refractivity contribution in [3.05, 3.63) is 42.5 Å². The van der Waals surface area contributed by atoms with Crippen LogP contribution in [0.3, 0.4) is 0 Å². The maximum atomic E-state index is 14.9. The molecule has 13 atom stereocenters. The number of amides is 10. The molecule has 0 unspecified atom stereocenters. The molecule has 0 aliphatic carbocycles. The zero-order chi connectivity index (χ0) is 74.8. The molecule has 0 aliphatic rings. The summed E-state index contributed by atoms with van der Waals surface area (Å²) in [6, 6.07) is -3.39. The van der Waals surface area contributed by atoms with E-state index >= 15 is 0 Å². The van der Waals surface area contributed by atoms with Gasteiger partial charge in [0.1, 0.15) is 54.4 Å². The number of anilines is 1. The Hall–Kier alpha value is -7.26. The van der Waals surface area contributed by atoms with Crippen molar-refractivity contribution in [2.75, 3.05) is 61.3 Å². The number of esters is 1. The first kappa shape index (κ1) is 87.8. The van der Waals surface area contributed by atoms with Crippen molar-refractivity contribution < 1.29 is 67.7 Å². The van der Waals surface area contributed by atoms with Crippen molar-refractivity contribution in [2.24, 2.45) is 41.4 Å². The standard InChI is InChI=1S/C70H120N12O14S/c1-25-26-30-45(14)59(85)58(64(90)76-56(48(17)83)69(95)96-24)82(23)68(94)57(44(12)13)81(22)67(93)51(34-40(4)5)75-63(89)54(37-43(10)11)79(20)65(91)47(16)72-60(86)46(15)71-61(87)53(36-42(8)9)80(21)66(92)50(33-39(2)3)74-62(88)52(35-41(6)7)78(19)55(84)38-77(18)70(97)73-49-31-28-27-29-32-49/h25-29,31-32,39-48,50-54,56-59,83,85H,30,33-38H2,1-24H3,(H,71,87)(H,72,86)(H,73,97)(H,74,88)(H,75,89)(H,76,90)/b26-25+/t45-,46+,47-,48-,50+,51+,52+,53+,54+,56+,57+,58+,59-/m1/s1. The minimum Gasteiger partial charge on any atom is -0.467 e. The Bertz CT molecular complexity index is 2800. The van der Waals surface area contributed by atoms with Gasteiger partial charge >= 0.3 is 5.97 Å². The molecule has 0 spiro atoms. The van der Waals surface area contributed by atoms with Crippen LogP contribution in [0, 0.1) is 41.4 Å². The second kappa shape index (κ2) is 41.9. The fourth-order valence-corrected chi connectivity index (χ4v) is 11.4. The zero-order valence-electron chi connectivity index (χ0n) is 62.3. The fourth-order valence-electron chi connectivity index (χ4n) is 11.2. The van der Waals surface area contributed by atoms with Gasteiger partial charge in [0, 0.05) is 48.0 Å². The highest BCUT2D eigenvalue weighted by molar-refractivity contribution is 7.80. The van der Waals surface area contributed by atoms with Crippen LogP contribution < -0.4 is 31.9 Å². The number of nitrogens with one attached hydrogen (secondary N) is 6. The van der Waals surface area contributed by atoms with Gasteiger partial charge in [0.25, 0.3) is 0 Å². The number of carbonyl (C=O) groups is 11. The van der Waals surface area contributed by atoms with E-state index in [0.717, 1.165) is 17.7 Å². The van der Waals surface area contributed by atoms with Gasteiger partial charge in [-0.25, -0.2) is 4.79 Å². The Morgan fingerprint density at radius 1 is 0.495 bits per heavy atom. The summed E-state index contributed by atoms with van der Waals surface area (Å²) in [7, 11) is 9.82. The van der Waals surface area contributed by atoms with E-state index in [0.29, 0.717) is 11.5 Å². The predicted octanol–water partition coefficient (Wildman–Crippen LogP) is 4.32. The summed E-state index contributed by atoms with van der Waals surface area (Å²) in [5, 5.41) is 39.2. The van der Waals surface area contributed by atoms with Crippen LogP contribution in [0.2, 0.25) is 0 Å². The van der Waals surface area contributed by atoms with Crippen molar-refractivity contribution in [1.82, 2.24) is 56.0 Å². The zero-order valence-corrected chi connectivity index (χ0v) is 63.2. The van der Waals surface area contributed by atoms with Gasteiger partial charge in [-0.15, -0.1) is 0 Å². The van der Waals surface area contributed by atoms with Gasteiger partial charge in [-0.1, -0.05) is 120 Å². The number of aliphatic hydroxyl groups is 2. The quantitative estimate of drug-likeness (QED) is 0.0259. The molecule has 550 valence electrons. The van der Waals surface area contributed by atoms with Crippen molar-refractivity contribution >= 4 is 88.1 Å². The number of rotatable bonds is 39. The van der Waals surface area contributed by atoms with Crippen LogP contribution in [0.5, 0.6) is 0 Å². The number of thiocarbonyl (C=S) groups is 1. The van der Waals surface area contributed by atoms with E-state index in [9.17, 15) is 63.0 Å². The fraction of sp³-hybridized carbons (Fsp3) is 0.714. The highest BCUT2D eigenvalue weighted by Gasteiger charge is 2.45. The number of carbonyl (C=O) groups excluding carboxylic acids is 11. The number of likely N-dealkylation sites (N-methyl/N-ethyl adjacent to an activating group) is 6. The Kier molecular flexibility index (Phi) is 37.9. The summed E-state index contributed by atoms with van der Waals surface area (Å²) in [6.07, 6.45) is 1.75. The SMILES string of the molecule is C/C=C/C[C@@H](C)[C@@H](O)[C@@H](C(=O)N[C@H](C(=O)OC)[C@@H](C)O)N(C)C(=O)[C@H](C(C)C)N(C)C(=O)[C@H](CC(C)C)NC(=O)[C@H](CC(C)C)N(C)C(=O)[C@@H](C)NC(=O)[C@H](C)NC(=O)[C@H](CC(C)C)N(C)C(=O)[C@H](CC(C)C)NC(=O)[C@H](CC(C)C)N(C)C(=O)CN(C)C(=S)Nc1ccccc1. The molecule has 1 aromatic carbocycles. The summed E-state index contributed by atoms with van der Waals surface area (Å²) >= 11 is 5.56. The second-order valence-electron chi connectivity index (χ2n) is 28.4. The summed E-state index contributed by atoms with van der Waals surface area (Å²) < 4.78 is 4.79. The molecule has 1 aromatic rings. The van der Waals surface area contributed by atoms with Crippen molar-refractivity contribution in [3.8, 4) is 0 Å². The monoisotopic (exact) mass is 1380 g/mol. The van der Waals surface area contributed by atoms with E-state index < -0.39 is 144 Å². The molecule has 97 heavy (non-hydrogen) atoms. The van der Waals surface area contributed by atoms with E-state index in [4.69, 9.17) is 17.0 Å². The van der Waals surface area contributed by atoms with Crippen LogP contribution in [-0.2, 0) is 57.5 Å². The van der Waals surface area contributed by atoms with Crippen molar-refractivity contribution in [1.29, 1.82) is 0 Å². The lowest BCUT2D eigenvalue weighted by molar-refractivity contribution is -0.156. The summed E-state index contributed by atoms with van der Waals surface area (Å²) in [5.74, 6) is -9.54. The first-order valence-electron chi connectivity index (χ1n) is 33.9. The number of benzene rings is 1. The molecule has 0 heterocycles. The summed E-state index contributed by atoms with van der Waals surface area (Å²) in [5.41, 5.74) is 0.742. The third kappa shape index (κ3) is 27.9. The van der Waals surface area contributed by atoms with Gasteiger partial charge in [-0.2, -0.15) is 0 Å². The lowest BCUT2D eigenvalue weighted by Gasteiger charge is -2.40. The topological polar surface area (TPSA) is 329 Å². The van der Waals surface area contributed by atoms with Crippen LogP contribution in [0.1, 0.15) is 156 Å². The van der Waals surface area contributed by atoms with E-state index in [2.05, 4.69) is 31.9 Å². The molecule has 27 heteroatoms. The van der Waals surface area contributed by atoms with Crippen LogP contribution in [0.15, 0.2) is 42.5 Å². The van der Waals surface area contributed by atoms with Gasteiger partial charge in [-0.3, -0.25) is 47.9 Å². The third-order valence-electron chi connectivity index (χ3n) is 16.9. The molecule has 0 bridgehead atoms. The number of nitrogens with zero attached hydrogens (tertiary/aromatic N) is 6. The predicted molar refractivity (Wildman–Crippen MR) is 379 cm³/mol. The summed E-state index contributed by atoms with van der Waals surface area (Å²) in [6.45, 7) is 29.5. The molecule has 1 rings (SSSR count). The number of para-hydroxylation sites is 1. The minimum atomic E-state index is -1.63. The molecular weight excluding hydrogens is 1260 g/mol. The van der Waals surface area contributed by atoms with Crippen molar-refractivity contribution in [2.45, 2.75) is 229 Å². The number of ether oxygens (including phenoxy) is 1. The largest absolute Gasteiger partial charge is 0.467 e. The van der Waals surface area contributed by atoms with Crippen LogP contribution >= 0.6 is 12.2 Å². The van der Waals surface area contributed by atoms with Gasteiger partial charge in [-0.05, 0) is 132 Å². The van der Waals surface area contributed by atoms with E-state index in [1.54, 1.807) is 51.8 Å². The molecule has 8 N–H and O–H groups in total. The molecular formula is C70H120N12O14S. The van der Waals surface area contributed by atoms with Crippen LogP contribution in [0.25, 0.3) is 0 Å². The molecule has 0 saturated carbocycles. The normalized spacial score (nSPS) is 15.7. The van der Waals surface area contributed by atoms with Gasteiger partial charge in [0.2, 0.25) is 59.1 Å². The van der Waals surface area contributed by atoms with Crippen molar-refractivity contribution in [3.63, 3.8) is 0 Å². The first-order valence-corrected chi connectivity index (χ1v) is 34.3. The highest BCUT2D eigenvalue weighted by Crippen LogP contribution is 2.24.